The molecule has 98 valence electrons. The van der Waals surface area contributed by atoms with Gasteiger partial charge in [-0.3, -0.25) is 4.99 Å². The number of allylic oxidation sites excluding steroid dienone is 6. The van der Waals surface area contributed by atoms with E-state index < -0.39 is 0 Å². The summed E-state index contributed by atoms with van der Waals surface area (Å²) in [5.41, 5.74) is 4.15. The molecule has 2 heteroatoms. The van der Waals surface area contributed by atoms with Gasteiger partial charge in [0, 0.05) is 22.4 Å². The SMILES string of the molecule is C=C(Cl)/C=C(C(C)=NC(=C)C1CCC1)\C(C)=C/C. The summed E-state index contributed by atoms with van der Waals surface area (Å²) < 4.78 is 0. The van der Waals surface area contributed by atoms with Crippen molar-refractivity contribution in [2.75, 3.05) is 0 Å². The smallest absolute Gasteiger partial charge is 0.0451 e. The fourth-order valence-electron chi connectivity index (χ4n) is 1.92. The molecule has 0 heterocycles. The quantitative estimate of drug-likeness (QED) is 0.465. The second kappa shape index (κ2) is 6.75. The third-order valence-electron chi connectivity index (χ3n) is 3.44. The summed E-state index contributed by atoms with van der Waals surface area (Å²) in [4.78, 5) is 4.63. The maximum Gasteiger partial charge on any atom is 0.0451 e. The van der Waals surface area contributed by atoms with Crippen LogP contribution >= 0.6 is 11.6 Å². The van der Waals surface area contributed by atoms with Crippen LogP contribution in [-0.4, -0.2) is 5.71 Å². The fourth-order valence-corrected chi connectivity index (χ4v) is 2.03. The molecular weight excluding hydrogens is 242 g/mol. The zero-order chi connectivity index (χ0) is 13.7. The van der Waals surface area contributed by atoms with Gasteiger partial charge in [-0.15, -0.1) is 0 Å². The number of aliphatic imine (C=N–C) groups is 1. The van der Waals surface area contributed by atoms with Gasteiger partial charge in [0.1, 0.15) is 0 Å². The topological polar surface area (TPSA) is 12.4 Å². The Bertz CT molecular complexity index is 434. The lowest BCUT2D eigenvalue weighted by molar-refractivity contribution is 0.366. The standard InChI is InChI=1S/C16H22ClN/c1-6-11(2)16(10-12(3)17)14(5)18-13(4)15-8-7-9-15/h6,10,15H,3-4,7-9H2,1-2,5H3/b11-6-,16-10+,18-14?. The van der Waals surface area contributed by atoms with Crippen molar-refractivity contribution in [2.24, 2.45) is 10.9 Å². The van der Waals surface area contributed by atoms with Crippen molar-refractivity contribution in [3.63, 3.8) is 0 Å². The van der Waals surface area contributed by atoms with Crippen LogP contribution in [-0.2, 0) is 0 Å². The highest BCUT2D eigenvalue weighted by Crippen LogP contribution is 2.33. The average molecular weight is 264 g/mol. The van der Waals surface area contributed by atoms with Crippen LogP contribution in [0.2, 0.25) is 0 Å². The Labute approximate surface area is 116 Å². The highest BCUT2D eigenvalue weighted by molar-refractivity contribution is 6.31. The van der Waals surface area contributed by atoms with Gasteiger partial charge in [-0.1, -0.05) is 37.3 Å². The first-order chi connectivity index (χ1) is 8.45. The van der Waals surface area contributed by atoms with E-state index in [4.69, 9.17) is 11.6 Å². The molecule has 0 bridgehead atoms. The van der Waals surface area contributed by atoms with Crippen LogP contribution in [0, 0.1) is 5.92 Å². The predicted octanol–water partition coefficient (Wildman–Crippen LogP) is 5.41. The van der Waals surface area contributed by atoms with Crippen LogP contribution in [0.5, 0.6) is 0 Å². The molecule has 18 heavy (non-hydrogen) atoms. The van der Waals surface area contributed by atoms with Gasteiger partial charge in [-0.05, 0) is 50.8 Å². The number of hydrogen-bond acceptors (Lipinski definition) is 1. The summed E-state index contributed by atoms with van der Waals surface area (Å²) in [6, 6.07) is 0. The van der Waals surface area contributed by atoms with E-state index in [1.54, 1.807) is 0 Å². The van der Waals surface area contributed by atoms with Crippen LogP contribution in [0.25, 0.3) is 0 Å². The van der Waals surface area contributed by atoms with Crippen molar-refractivity contribution in [1.29, 1.82) is 0 Å². The van der Waals surface area contributed by atoms with E-state index in [2.05, 4.69) is 31.2 Å². The number of nitrogens with zero attached hydrogens (tertiary/aromatic N) is 1. The summed E-state index contributed by atoms with van der Waals surface area (Å²) in [5, 5.41) is 0.523. The van der Waals surface area contributed by atoms with Crippen molar-refractivity contribution in [1.82, 2.24) is 0 Å². The van der Waals surface area contributed by atoms with Crippen molar-refractivity contribution in [3.8, 4) is 0 Å². The maximum absolute atomic E-state index is 5.88. The molecule has 0 N–H and O–H groups in total. The predicted molar refractivity (Wildman–Crippen MR) is 82.1 cm³/mol. The van der Waals surface area contributed by atoms with Gasteiger partial charge in [0.2, 0.25) is 0 Å². The Morgan fingerprint density at radius 3 is 2.28 bits per heavy atom. The van der Waals surface area contributed by atoms with E-state index in [1.165, 1.54) is 19.3 Å². The Hall–Kier alpha value is -1.08. The van der Waals surface area contributed by atoms with Gasteiger partial charge in [0.25, 0.3) is 0 Å². The zero-order valence-corrected chi connectivity index (χ0v) is 12.3. The van der Waals surface area contributed by atoms with Crippen molar-refractivity contribution in [3.05, 3.63) is 47.2 Å². The molecule has 0 amide bonds. The molecule has 1 aliphatic rings. The second-order valence-corrected chi connectivity index (χ2v) is 5.28. The van der Waals surface area contributed by atoms with Gasteiger partial charge in [-0.2, -0.15) is 0 Å². The first kappa shape index (κ1) is 15.0. The lowest BCUT2D eigenvalue weighted by Crippen LogP contribution is -2.13. The molecule has 0 spiro atoms. The van der Waals surface area contributed by atoms with Crippen LogP contribution < -0.4 is 0 Å². The number of hydrogen-bond donors (Lipinski definition) is 0. The molecule has 0 unspecified atom stereocenters. The molecule has 0 aromatic carbocycles. The summed E-state index contributed by atoms with van der Waals surface area (Å²) in [6.07, 6.45) is 7.66. The minimum atomic E-state index is 0.523. The minimum Gasteiger partial charge on any atom is -0.258 e. The van der Waals surface area contributed by atoms with Crippen LogP contribution in [0.3, 0.4) is 0 Å². The normalized spacial score (nSPS) is 18.6. The van der Waals surface area contributed by atoms with E-state index in [1.807, 2.05) is 19.9 Å². The van der Waals surface area contributed by atoms with Crippen LogP contribution in [0.15, 0.2) is 52.2 Å². The molecule has 0 atom stereocenters. The third-order valence-corrected chi connectivity index (χ3v) is 3.55. The van der Waals surface area contributed by atoms with Gasteiger partial charge in [-0.25, -0.2) is 0 Å². The van der Waals surface area contributed by atoms with Crippen LogP contribution in [0.1, 0.15) is 40.0 Å². The lowest BCUT2D eigenvalue weighted by Gasteiger charge is -2.25. The first-order valence-electron chi connectivity index (χ1n) is 6.39. The molecule has 1 fully saturated rings. The molecule has 1 saturated carbocycles. The summed E-state index contributed by atoms with van der Waals surface area (Å²) in [6.45, 7) is 13.9. The second-order valence-electron chi connectivity index (χ2n) is 4.79. The highest BCUT2D eigenvalue weighted by atomic mass is 35.5. The molecule has 1 aliphatic carbocycles. The Kier molecular flexibility index (Phi) is 5.61. The number of rotatable bonds is 5. The van der Waals surface area contributed by atoms with Crippen LogP contribution in [0.4, 0.5) is 0 Å². The van der Waals surface area contributed by atoms with Crippen molar-refractivity contribution in [2.45, 2.75) is 40.0 Å². The molecule has 0 radical (unpaired) electrons. The molecule has 0 aromatic rings. The van der Waals surface area contributed by atoms with Gasteiger partial charge < -0.3 is 0 Å². The van der Waals surface area contributed by atoms with Crippen molar-refractivity contribution >= 4 is 17.3 Å². The minimum absolute atomic E-state index is 0.523. The maximum atomic E-state index is 5.88. The summed E-state index contributed by atoms with van der Waals surface area (Å²) in [5.74, 6) is 0.575. The van der Waals surface area contributed by atoms with E-state index >= 15 is 0 Å². The molecule has 0 aromatic heterocycles. The Morgan fingerprint density at radius 2 is 1.89 bits per heavy atom. The average Bonchev–Trinajstić information content (AvgIpc) is 2.21. The monoisotopic (exact) mass is 263 g/mol. The summed E-state index contributed by atoms with van der Waals surface area (Å²) in [7, 11) is 0. The number of halogens is 1. The van der Waals surface area contributed by atoms with Gasteiger partial charge in [0.15, 0.2) is 0 Å². The Morgan fingerprint density at radius 1 is 1.28 bits per heavy atom. The molecule has 0 aliphatic heterocycles. The van der Waals surface area contributed by atoms with E-state index in [9.17, 15) is 0 Å². The van der Waals surface area contributed by atoms with Gasteiger partial charge >= 0.3 is 0 Å². The zero-order valence-electron chi connectivity index (χ0n) is 11.6. The lowest BCUT2D eigenvalue weighted by atomic mass is 9.83. The van der Waals surface area contributed by atoms with E-state index in [-0.39, 0.29) is 0 Å². The largest absolute Gasteiger partial charge is 0.258 e. The first-order valence-corrected chi connectivity index (χ1v) is 6.77. The van der Waals surface area contributed by atoms with E-state index in [0.717, 1.165) is 22.6 Å². The third kappa shape index (κ3) is 3.99. The molecule has 1 rings (SSSR count). The fraction of sp³-hybridized carbons (Fsp3) is 0.438. The van der Waals surface area contributed by atoms with E-state index in [0.29, 0.717) is 11.0 Å². The summed E-state index contributed by atoms with van der Waals surface area (Å²) >= 11 is 5.88. The Balaban J connectivity index is 2.94. The molecule has 1 nitrogen and oxygen atoms in total. The van der Waals surface area contributed by atoms with Gasteiger partial charge in [0.05, 0.1) is 0 Å². The molecule has 0 saturated heterocycles. The molecular formula is C16H22ClN. The van der Waals surface area contributed by atoms with Crippen molar-refractivity contribution < 1.29 is 0 Å². The highest BCUT2D eigenvalue weighted by Gasteiger charge is 2.20.